The topological polar surface area (TPSA) is 86.7 Å². The first kappa shape index (κ1) is 23.0. The molecular weight excluding hydrogens is 363 g/mol. The second-order valence-corrected chi connectivity index (χ2v) is 7.31. The largest absolute Gasteiger partial charge is 1.00 e. The van der Waals surface area contributed by atoms with Crippen LogP contribution in [0.5, 0.6) is 17.2 Å². The van der Waals surface area contributed by atoms with E-state index in [1.807, 2.05) is 18.2 Å². The molecule has 0 saturated heterocycles. The van der Waals surface area contributed by atoms with Crippen LogP contribution in [0.2, 0.25) is 0 Å². The molecule has 0 aliphatic rings. The zero-order chi connectivity index (χ0) is 18.3. The van der Waals surface area contributed by atoms with E-state index in [9.17, 15) is 18.1 Å². The number of rotatable bonds is 9. The molecule has 0 unspecified atom stereocenters. The van der Waals surface area contributed by atoms with E-state index in [-0.39, 0.29) is 35.1 Å². The summed E-state index contributed by atoms with van der Waals surface area (Å²) in [4.78, 5) is -0.600. The van der Waals surface area contributed by atoms with Crippen LogP contribution in [0, 0.1) is 0 Å². The first-order chi connectivity index (χ1) is 11.9. The van der Waals surface area contributed by atoms with Crippen LogP contribution in [0.3, 0.4) is 0 Å². The maximum absolute atomic E-state index is 12.5. The third-order valence-electron chi connectivity index (χ3n) is 3.96. The van der Waals surface area contributed by atoms with Crippen molar-refractivity contribution in [2.24, 2.45) is 0 Å². The summed E-state index contributed by atoms with van der Waals surface area (Å²) in [6.45, 7) is 2.12. The van der Waals surface area contributed by atoms with Crippen LogP contribution in [0.15, 0.2) is 47.4 Å². The van der Waals surface area contributed by atoms with Gasteiger partial charge in [-0.1, -0.05) is 56.6 Å². The van der Waals surface area contributed by atoms with Crippen LogP contribution >= 0.6 is 0 Å². The van der Waals surface area contributed by atoms with Crippen molar-refractivity contribution in [2.45, 2.75) is 50.3 Å². The normalized spacial score (nSPS) is 11.0. The van der Waals surface area contributed by atoms with Crippen molar-refractivity contribution in [3.8, 4) is 17.2 Å². The van der Waals surface area contributed by atoms with Gasteiger partial charge in [-0.3, -0.25) is 4.55 Å². The number of hydrogen-bond acceptors (Lipinski definition) is 4. The number of hydrogen-bond donors (Lipinski definition) is 1. The number of benzene rings is 2. The fourth-order valence-electron chi connectivity index (χ4n) is 2.64. The van der Waals surface area contributed by atoms with E-state index in [2.05, 4.69) is 6.92 Å². The van der Waals surface area contributed by atoms with E-state index in [0.29, 0.717) is 17.9 Å². The molecule has 2 aromatic rings. The molecule has 7 heteroatoms. The molecule has 2 aromatic carbocycles. The SMILES string of the molecule is CCCCCCCc1c(Oc2ccccc2)ccc(S(=O)(=O)O)c1[O-].[Na+]. The Morgan fingerprint density at radius 2 is 1.65 bits per heavy atom. The van der Waals surface area contributed by atoms with Crippen molar-refractivity contribution in [1.82, 2.24) is 0 Å². The average molecular weight is 386 g/mol. The van der Waals surface area contributed by atoms with E-state index in [1.54, 1.807) is 12.1 Å². The Labute approximate surface area is 177 Å². The molecule has 0 heterocycles. The standard InChI is InChI=1S/C19H24O5S.Na/c1-2-3-4-5-9-12-16-17(24-15-10-7-6-8-11-15)13-14-18(19(16)20)25(21,22)23;/h6-8,10-11,13-14,20H,2-5,9,12H2,1H3,(H,21,22,23);/q;+1/p-1. The van der Waals surface area contributed by atoms with Crippen LogP contribution in [0.4, 0.5) is 0 Å². The molecule has 1 N–H and O–H groups in total. The van der Waals surface area contributed by atoms with Crippen molar-refractivity contribution in [3.63, 3.8) is 0 Å². The molecule has 0 saturated carbocycles. The van der Waals surface area contributed by atoms with Gasteiger partial charge in [-0.25, -0.2) is 0 Å². The Kier molecular flexibility index (Phi) is 9.68. The van der Waals surface area contributed by atoms with Crippen molar-refractivity contribution in [1.29, 1.82) is 0 Å². The van der Waals surface area contributed by atoms with Gasteiger partial charge in [0.2, 0.25) is 0 Å². The van der Waals surface area contributed by atoms with Crippen molar-refractivity contribution in [2.75, 3.05) is 0 Å². The van der Waals surface area contributed by atoms with E-state index in [4.69, 9.17) is 4.74 Å². The minimum atomic E-state index is -4.55. The van der Waals surface area contributed by atoms with Gasteiger partial charge in [-0.15, -0.1) is 0 Å². The molecule has 0 atom stereocenters. The third kappa shape index (κ3) is 6.59. The molecule has 0 aromatic heterocycles. The van der Waals surface area contributed by atoms with Crippen LogP contribution in [-0.4, -0.2) is 13.0 Å². The molecule has 5 nitrogen and oxygen atoms in total. The average Bonchev–Trinajstić information content (AvgIpc) is 2.56. The maximum Gasteiger partial charge on any atom is 1.00 e. The fraction of sp³-hybridized carbons (Fsp3) is 0.368. The van der Waals surface area contributed by atoms with Crippen molar-refractivity contribution < 1.29 is 52.4 Å². The van der Waals surface area contributed by atoms with Gasteiger partial charge in [0, 0.05) is 0 Å². The summed E-state index contributed by atoms with van der Waals surface area (Å²) in [5, 5.41) is 12.5. The summed E-state index contributed by atoms with van der Waals surface area (Å²) in [5.74, 6) is 0.208. The van der Waals surface area contributed by atoms with Gasteiger partial charge in [0.05, 0.1) is 4.90 Å². The van der Waals surface area contributed by atoms with Crippen molar-refractivity contribution >= 4 is 10.1 Å². The molecule has 0 bridgehead atoms. The van der Waals surface area contributed by atoms with E-state index < -0.39 is 20.8 Å². The first-order valence-electron chi connectivity index (χ1n) is 8.46. The van der Waals surface area contributed by atoms with E-state index >= 15 is 0 Å². The van der Waals surface area contributed by atoms with Gasteiger partial charge in [-0.2, -0.15) is 8.42 Å². The summed E-state index contributed by atoms with van der Waals surface area (Å²) in [6, 6.07) is 11.5. The predicted molar refractivity (Wildman–Crippen MR) is 94.7 cm³/mol. The molecule has 2 rings (SSSR count). The van der Waals surface area contributed by atoms with Crippen LogP contribution < -0.4 is 39.4 Å². The Bertz CT molecular complexity index is 791. The molecular formula is C19H23NaO5S. The second kappa shape index (κ2) is 10.9. The second-order valence-electron chi connectivity index (χ2n) is 5.92. The smallest absolute Gasteiger partial charge is 0.871 e. The first-order valence-corrected chi connectivity index (χ1v) is 9.90. The molecule has 26 heavy (non-hydrogen) atoms. The fourth-order valence-corrected chi connectivity index (χ4v) is 3.24. The zero-order valence-corrected chi connectivity index (χ0v) is 18.1. The van der Waals surface area contributed by atoms with Gasteiger partial charge in [0.15, 0.2) is 0 Å². The summed E-state index contributed by atoms with van der Waals surface area (Å²) in [5.41, 5.74) is 0.287. The molecule has 136 valence electrons. The molecule has 0 spiro atoms. The maximum atomic E-state index is 12.5. The van der Waals surface area contributed by atoms with E-state index in [1.165, 1.54) is 6.07 Å². The predicted octanol–water partition coefficient (Wildman–Crippen LogP) is 1.32. The van der Waals surface area contributed by atoms with Crippen LogP contribution in [0.25, 0.3) is 0 Å². The molecule has 0 fully saturated rings. The number of para-hydroxylation sites is 1. The van der Waals surface area contributed by atoms with E-state index in [0.717, 1.165) is 38.2 Å². The van der Waals surface area contributed by atoms with Gasteiger partial charge < -0.3 is 9.84 Å². The van der Waals surface area contributed by atoms with Gasteiger partial charge in [-0.05, 0) is 42.7 Å². The minimum absolute atomic E-state index is 0. The summed E-state index contributed by atoms with van der Waals surface area (Å²) < 4.78 is 37.8. The van der Waals surface area contributed by atoms with Crippen LogP contribution in [-0.2, 0) is 16.5 Å². The molecule has 0 radical (unpaired) electrons. The number of ether oxygens (including phenoxy) is 1. The Morgan fingerprint density at radius 1 is 1.00 bits per heavy atom. The quantitative estimate of drug-likeness (QED) is 0.399. The van der Waals surface area contributed by atoms with Gasteiger partial charge >= 0.3 is 29.6 Å². The monoisotopic (exact) mass is 386 g/mol. The Balaban J connectivity index is 0.00000338. The van der Waals surface area contributed by atoms with Gasteiger partial charge in [0.1, 0.15) is 11.5 Å². The van der Waals surface area contributed by atoms with Crippen LogP contribution in [0.1, 0.15) is 44.6 Å². The third-order valence-corrected chi connectivity index (χ3v) is 4.84. The summed E-state index contributed by atoms with van der Waals surface area (Å²) in [7, 11) is -4.55. The minimum Gasteiger partial charge on any atom is -0.871 e. The Hall–Kier alpha value is -1.05. The van der Waals surface area contributed by atoms with Gasteiger partial charge in [0.25, 0.3) is 10.1 Å². The van der Waals surface area contributed by atoms with Crippen molar-refractivity contribution in [3.05, 3.63) is 48.0 Å². The number of unbranched alkanes of at least 4 members (excludes halogenated alkanes) is 4. The Morgan fingerprint density at radius 3 is 2.27 bits per heavy atom. The molecule has 0 amide bonds. The molecule has 0 aliphatic heterocycles. The summed E-state index contributed by atoms with van der Waals surface area (Å²) in [6.07, 6.45) is 5.44. The molecule has 0 aliphatic carbocycles. The zero-order valence-electron chi connectivity index (χ0n) is 15.3. The summed E-state index contributed by atoms with van der Waals surface area (Å²) >= 11 is 0.